The molecule has 0 bridgehead atoms. The van der Waals surface area contributed by atoms with E-state index in [1.807, 2.05) is 11.9 Å². The Kier molecular flexibility index (Phi) is 9.43. The summed E-state index contributed by atoms with van der Waals surface area (Å²) in [6.07, 6.45) is 16.1. The van der Waals surface area contributed by atoms with Gasteiger partial charge in [-0.2, -0.15) is 0 Å². The summed E-state index contributed by atoms with van der Waals surface area (Å²) in [6, 6.07) is 0.773. The fourth-order valence-electron chi connectivity index (χ4n) is 8.81. The maximum atomic E-state index is 9.23. The fraction of sp³-hybridized carbons (Fsp3) is 1.00. The van der Waals surface area contributed by atoms with Crippen LogP contribution in [-0.2, 0) is 0 Å². The second kappa shape index (κ2) is 10.6. The van der Waals surface area contributed by atoms with Crippen molar-refractivity contribution in [2.45, 2.75) is 90.5 Å². The highest BCUT2D eigenvalue weighted by Gasteiger charge is 2.60. The van der Waals surface area contributed by atoms with Crippen molar-refractivity contribution < 1.29 is 5.11 Å². The van der Waals surface area contributed by atoms with E-state index in [1.165, 1.54) is 70.8 Å². The molecule has 0 radical (unpaired) electrons. The SMILES string of the molecule is CN(CO)CCCN(C)[C@H]1CC[C@H]2[C@@H]3CCC4CCCC[C@]4(C)[C@H]3CC[C@]12C.Cl.Cl. The Labute approximate surface area is 198 Å². The van der Waals surface area contributed by atoms with Gasteiger partial charge in [-0.1, -0.05) is 26.7 Å². The minimum absolute atomic E-state index is 0. The van der Waals surface area contributed by atoms with Gasteiger partial charge in [0.15, 0.2) is 0 Å². The normalized spacial score (nSPS) is 42.7. The highest BCUT2D eigenvalue weighted by Crippen LogP contribution is 2.66. The predicted molar refractivity (Wildman–Crippen MR) is 132 cm³/mol. The lowest BCUT2D eigenvalue weighted by Crippen LogP contribution is -2.55. The molecule has 4 aliphatic carbocycles. The van der Waals surface area contributed by atoms with Crippen molar-refractivity contribution in [1.29, 1.82) is 0 Å². The van der Waals surface area contributed by atoms with Crippen LogP contribution in [0.2, 0.25) is 0 Å². The zero-order valence-electron chi connectivity index (χ0n) is 19.9. The Bertz CT molecular complexity index is 549. The van der Waals surface area contributed by atoms with Gasteiger partial charge in [0.1, 0.15) is 0 Å². The molecule has 7 atom stereocenters. The van der Waals surface area contributed by atoms with E-state index < -0.39 is 0 Å². The molecule has 30 heavy (non-hydrogen) atoms. The van der Waals surface area contributed by atoms with Gasteiger partial charge >= 0.3 is 0 Å². The molecular weight excluding hydrogens is 415 g/mol. The van der Waals surface area contributed by atoms with E-state index in [0.717, 1.165) is 42.7 Å². The van der Waals surface area contributed by atoms with Crippen LogP contribution in [0.15, 0.2) is 0 Å². The highest BCUT2D eigenvalue weighted by atomic mass is 35.5. The second-order valence-corrected chi connectivity index (χ2v) is 11.6. The minimum atomic E-state index is 0. The third-order valence-corrected chi connectivity index (χ3v) is 10.4. The number of hydrogen-bond donors (Lipinski definition) is 1. The van der Waals surface area contributed by atoms with Gasteiger partial charge in [-0.15, -0.1) is 24.8 Å². The average molecular weight is 464 g/mol. The van der Waals surface area contributed by atoms with Crippen LogP contribution in [0.1, 0.15) is 84.5 Å². The molecule has 0 heterocycles. The first kappa shape index (κ1) is 26.7. The molecular formula is C25H48Cl2N2O. The van der Waals surface area contributed by atoms with E-state index in [-0.39, 0.29) is 31.5 Å². The van der Waals surface area contributed by atoms with Crippen LogP contribution < -0.4 is 0 Å². The predicted octanol–water partition coefficient (Wildman–Crippen LogP) is 5.83. The van der Waals surface area contributed by atoms with Crippen molar-refractivity contribution in [2.24, 2.45) is 34.5 Å². The van der Waals surface area contributed by atoms with Gasteiger partial charge in [0.05, 0.1) is 6.73 Å². The third-order valence-electron chi connectivity index (χ3n) is 10.4. The standard InChI is InChI=1S/C25H46N2O.2ClH/c1-24-14-6-5-8-19(24)9-10-20-21-11-12-23(25(21,2)15-13-22(20)24)27(4)17-7-16-26(3)18-28;;/h19-23,28H,5-18H2,1-4H3;2*1H/t19?,20-,21-,22-,23-,24-,25-;;/m0../s1. The third kappa shape index (κ3) is 4.58. The Morgan fingerprint density at radius 3 is 2.27 bits per heavy atom. The van der Waals surface area contributed by atoms with Gasteiger partial charge in [0.25, 0.3) is 0 Å². The lowest BCUT2D eigenvalue weighted by Gasteiger charge is -2.61. The number of halogens is 2. The van der Waals surface area contributed by atoms with Crippen LogP contribution >= 0.6 is 24.8 Å². The van der Waals surface area contributed by atoms with Gasteiger partial charge in [-0.3, -0.25) is 4.90 Å². The Morgan fingerprint density at radius 1 is 0.800 bits per heavy atom. The number of rotatable bonds is 6. The molecule has 0 spiro atoms. The summed E-state index contributed by atoms with van der Waals surface area (Å²) in [5.41, 5.74) is 1.21. The van der Waals surface area contributed by atoms with Crippen LogP contribution in [0.4, 0.5) is 0 Å². The number of hydrogen-bond acceptors (Lipinski definition) is 3. The van der Waals surface area contributed by atoms with Gasteiger partial charge in [0, 0.05) is 12.6 Å². The highest BCUT2D eigenvalue weighted by molar-refractivity contribution is 5.85. The Hall–Kier alpha value is 0.460. The summed E-state index contributed by atoms with van der Waals surface area (Å²) in [6.45, 7) is 7.71. The number of fused-ring (bicyclic) bond motifs is 5. The maximum absolute atomic E-state index is 9.23. The lowest BCUT2D eigenvalue weighted by atomic mass is 9.45. The summed E-state index contributed by atoms with van der Waals surface area (Å²) < 4.78 is 0. The van der Waals surface area contributed by atoms with Crippen LogP contribution in [0.3, 0.4) is 0 Å². The quantitative estimate of drug-likeness (QED) is 0.502. The molecule has 0 aromatic heterocycles. The van der Waals surface area contributed by atoms with Crippen LogP contribution in [0.5, 0.6) is 0 Å². The summed E-state index contributed by atoms with van der Waals surface area (Å²) in [5, 5.41) is 9.23. The van der Waals surface area contributed by atoms with E-state index in [9.17, 15) is 5.11 Å². The summed E-state index contributed by atoms with van der Waals surface area (Å²) in [5.74, 6) is 4.04. The van der Waals surface area contributed by atoms with Crippen LogP contribution in [0, 0.1) is 34.5 Å². The smallest absolute Gasteiger partial charge is 0.0954 e. The molecule has 0 aliphatic heterocycles. The van der Waals surface area contributed by atoms with Gasteiger partial charge in [0.2, 0.25) is 0 Å². The molecule has 4 saturated carbocycles. The lowest BCUT2D eigenvalue weighted by molar-refractivity contribution is -0.113. The van der Waals surface area contributed by atoms with E-state index in [0.29, 0.717) is 10.8 Å². The average Bonchev–Trinajstić information content (AvgIpc) is 3.04. The number of aliphatic hydroxyl groups excluding tert-OH is 1. The molecule has 178 valence electrons. The second-order valence-electron chi connectivity index (χ2n) is 11.6. The van der Waals surface area contributed by atoms with Crippen LogP contribution in [-0.4, -0.2) is 54.9 Å². The van der Waals surface area contributed by atoms with Crippen LogP contribution in [0.25, 0.3) is 0 Å². The van der Waals surface area contributed by atoms with Gasteiger partial charge < -0.3 is 10.0 Å². The first-order valence-corrected chi connectivity index (χ1v) is 12.4. The zero-order chi connectivity index (χ0) is 19.9. The summed E-state index contributed by atoms with van der Waals surface area (Å²) in [4.78, 5) is 4.71. The van der Waals surface area contributed by atoms with Crippen molar-refractivity contribution in [3.63, 3.8) is 0 Å². The molecule has 4 rings (SSSR count). The molecule has 0 aromatic rings. The molecule has 3 nitrogen and oxygen atoms in total. The van der Waals surface area contributed by atoms with Crippen molar-refractivity contribution in [2.75, 3.05) is 33.9 Å². The minimum Gasteiger partial charge on any atom is -0.381 e. The van der Waals surface area contributed by atoms with Gasteiger partial charge in [-0.25, -0.2) is 0 Å². The van der Waals surface area contributed by atoms with Crippen molar-refractivity contribution in [3.05, 3.63) is 0 Å². The number of nitrogens with zero attached hydrogens (tertiary/aromatic N) is 2. The first-order valence-electron chi connectivity index (χ1n) is 12.4. The van der Waals surface area contributed by atoms with Crippen molar-refractivity contribution in [3.8, 4) is 0 Å². The van der Waals surface area contributed by atoms with Crippen molar-refractivity contribution >= 4 is 24.8 Å². The summed E-state index contributed by atoms with van der Waals surface area (Å²) in [7, 11) is 4.39. The van der Waals surface area contributed by atoms with Crippen molar-refractivity contribution in [1.82, 2.24) is 9.80 Å². The van der Waals surface area contributed by atoms with Gasteiger partial charge in [-0.05, 0) is 113 Å². The molecule has 4 fully saturated rings. The molecule has 1 unspecified atom stereocenters. The summed E-state index contributed by atoms with van der Waals surface area (Å²) >= 11 is 0. The molecule has 0 saturated heterocycles. The topological polar surface area (TPSA) is 26.7 Å². The Balaban J connectivity index is 0.00000160. The largest absolute Gasteiger partial charge is 0.381 e. The molecule has 1 N–H and O–H groups in total. The molecule has 5 heteroatoms. The molecule has 4 aliphatic rings. The van der Waals surface area contributed by atoms with E-state index in [2.05, 4.69) is 25.8 Å². The first-order chi connectivity index (χ1) is 13.4. The fourth-order valence-corrected chi connectivity index (χ4v) is 8.81. The van der Waals surface area contributed by atoms with E-state index in [4.69, 9.17) is 0 Å². The zero-order valence-corrected chi connectivity index (χ0v) is 21.6. The number of aliphatic hydroxyl groups is 1. The molecule has 0 aromatic carbocycles. The molecule has 0 amide bonds. The maximum Gasteiger partial charge on any atom is 0.0954 e. The van der Waals surface area contributed by atoms with E-state index in [1.54, 1.807) is 0 Å². The monoisotopic (exact) mass is 462 g/mol. The van der Waals surface area contributed by atoms with E-state index >= 15 is 0 Å². The Morgan fingerprint density at radius 2 is 1.53 bits per heavy atom.